The van der Waals surface area contributed by atoms with Crippen molar-refractivity contribution in [3.05, 3.63) is 47.8 Å². The number of amides is 1. The number of hydrogen-bond acceptors (Lipinski definition) is 5. The van der Waals surface area contributed by atoms with Gasteiger partial charge in [-0.1, -0.05) is 30.3 Å². The molecule has 29 heavy (non-hydrogen) atoms. The van der Waals surface area contributed by atoms with Crippen LogP contribution in [0.3, 0.4) is 0 Å². The van der Waals surface area contributed by atoms with E-state index in [1.807, 2.05) is 41.4 Å². The van der Waals surface area contributed by atoms with Gasteiger partial charge in [-0.05, 0) is 44.2 Å². The molecule has 0 unspecified atom stereocenters. The maximum Gasteiger partial charge on any atom is 0.226 e. The molecule has 1 spiro atoms. The molecule has 3 aliphatic heterocycles. The molecule has 1 amide bonds. The Morgan fingerprint density at radius 2 is 2.03 bits per heavy atom. The molecule has 2 fully saturated rings. The average Bonchev–Trinajstić information content (AvgIpc) is 2.80. The van der Waals surface area contributed by atoms with Crippen molar-refractivity contribution in [2.45, 2.75) is 37.7 Å². The Balaban J connectivity index is 1.37. The molecule has 1 aromatic carbocycles. The molecule has 3 aliphatic rings. The van der Waals surface area contributed by atoms with Gasteiger partial charge < -0.3 is 15.0 Å². The Morgan fingerprint density at radius 1 is 1.21 bits per heavy atom. The summed E-state index contributed by atoms with van der Waals surface area (Å²) in [5.74, 6) is 1.18. The van der Waals surface area contributed by atoms with Crippen LogP contribution < -0.4 is 5.32 Å². The summed E-state index contributed by atoms with van der Waals surface area (Å²) in [7, 11) is 0. The predicted octanol–water partition coefficient (Wildman–Crippen LogP) is 2.53. The van der Waals surface area contributed by atoms with E-state index in [9.17, 15) is 4.79 Å². The second-order valence-corrected chi connectivity index (χ2v) is 8.39. The summed E-state index contributed by atoms with van der Waals surface area (Å²) in [5.41, 5.74) is 2.85. The molecule has 2 aromatic rings. The van der Waals surface area contributed by atoms with Crippen LogP contribution in [0, 0.1) is 5.92 Å². The minimum absolute atomic E-state index is 0.129. The third-order valence-corrected chi connectivity index (χ3v) is 6.61. The molecule has 1 N–H and O–H groups in total. The van der Waals surface area contributed by atoms with Crippen LogP contribution >= 0.6 is 0 Å². The molecule has 152 valence electrons. The molecule has 4 heterocycles. The van der Waals surface area contributed by atoms with Crippen molar-refractivity contribution in [2.24, 2.45) is 5.92 Å². The monoisotopic (exact) mass is 392 g/mol. The molecular weight excluding hydrogens is 364 g/mol. The summed E-state index contributed by atoms with van der Waals surface area (Å²) >= 11 is 0. The van der Waals surface area contributed by atoms with Gasteiger partial charge in [0.25, 0.3) is 0 Å². The van der Waals surface area contributed by atoms with Crippen molar-refractivity contribution in [1.29, 1.82) is 0 Å². The van der Waals surface area contributed by atoms with E-state index < -0.39 is 0 Å². The van der Waals surface area contributed by atoms with Gasteiger partial charge in [0, 0.05) is 31.4 Å². The maximum atomic E-state index is 12.9. The smallest absolute Gasteiger partial charge is 0.226 e. The quantitative estimate of drug-likeness (QED) is 0.851. The summed E-state index contributed by atoms with van der Waals surface area (Å²) in [4.78, 5) is 24.5. The fourth-order valence-corrected chi connectivity index (χ4v) is 4.93. The van der Waals surface area contributed by atoms with Crippen LogP contribution in [0.1, 0.15) is 36.9 Å². The Bertz CT molecular complexity index is 872. The molecule has 0 bridgehead atoms. The van der Waals surface area contributed by atoms with E-state index in [1.54, 1.807) is 0 Å². The molecule has 0 aliphatic carbocycles. The number of carbonyl (C=O) groups is 1. The summed E-state index contributed by atoms with van der Waals surface area (Å²) < 4.78 is 6.36. The third kappa shape index (κ3) is 3.55. The van der Waals surface area contributed by atoms with Crippen molar-refractivity contribution in [3.63, 3.8) is 0 Å². The maximum absolute atomic E-state index is 12.9. The van der Waals surface area contributed by atoms with Crippen LogP contribution in [0.4, 0.5) is 0 Å². The van der Waals surface area contributed by atoms with Crippen LogP contribution in [0.25, 0.3) is 11.4 Å². The van der Waals surface area contributed by atoms with Gasteiger partial charge in [-0.2, -0.15) is 0 Å². The fourth-order valence-electron chi connectivity index (χ4n) is 4.93. The summed E-state index contributed by atoms with van der Waals surface area (Å²) in [6.45, 7) is 4.01. The first-order chi connectivity index (χ1) is 14.3. The van der Waals surface area contributed by atoms with Gasteiger partial charge in [-0.15, -0.1) is 0 Å². The molecule has 0 radical (unpaired) electrons. The van der Waals surface area contributed by atoms with Crippen molar-refractivity contribution in [3.8, 4) is 11.4 Å². The van der Waals surface area contributed by atoms with Crippen LogP contribution in [0.15, 0.2) is 36.5 Å². The minimum atomic E-state index is -0.387. The molecule has 0 saturated carbocycles. The summed E-state index contributed by atoms with van der Waals surface area (Å²) in [6, 6.07) is 10.1. The van der Waals surface area contributed by atoms with E-state index in [0.717, 1.165) is 75.4 Å². The van der Waals surface area contributed by atoms with Gasteiger partial charge >= 0.3 is 0 Å². The number of benzene rings is 1. The first-order valence-electron chi connectivity index (χ1n) is 10.8. The van der Waals surface area contributed by atoms with Crippen LogP contribution in [0.2, 0.25) is 0 Å². The first-order valence-corrected chi connectivity index (χ1v) is 10.8. The first kappa shape index (κ1) is 18.7. The molecule has 5 rings (SSSR count). The highest BCUT2D eigenvalue weighted by Crippen LogP contribution is 2.41. The highest BCUT2D eigenvalue weighted by molar-refractivity contribution is 5.79. The van der Waals surface area contributed by atoms with Gasteiger partial charge in [0.15, 0.2) is 5.82 Å². The van der Waals surface area contributed by atoms with Gasteiger partial charge in [-0.25, -0.2) is 9.97 Å². The number of nitrogens with zero attached hydrogens (tertiary/aromatic N) is 3. The zero-order chi connectivity index (χ0) is 19.7. The largest absolute Gasteiger partial charge is 0.368 e. The van der Waals surface area contributed by atoms with Crippen molar-refractivity contribution in [1.82, 2.24) is 20.2 Å². The third-order valence-electron chi connectivity index (χ3n) is 6.61. The van der Waals surface area contributed by atoms with Crippen molar-refractivity contribution < 1.29 is 9.53 Å². The zero-order valence-electron chi connectivity index (χ0n) is 16.8. The van der Waals surface area contributed by atoms with E-state index in [1.165, 1.54) is 5.56 Å². The Hall–Kier alpha value is -2.31. The Morgan fingerprint density at radius 3 is 2.79 bits per heavy atom. The van der Waals surface area contributed by atoms with E-state index in [4.69, 9.17) is 9.72 Å². The lowest BCUT2D eigenvalue weighted by Crippen LogP contribution is -2.51. The highest BCUT2D eigenvalue weighted by Gasteiger charge is 2.44. The molecule has 1 atom stereocenters. The number of likely N-dealkylation sites (tertiary alicyclic amines) is 1. The number of piperidine rings is 2. The number of hydrogen-bond donors (Lipinski definition) is 1. The number of rotatable bonds is 2. The van der Waals surface area contributed by atoms with Gasteiger partial charge in [0.2, 0.25) is 5.91 Å². The SMILES string of the molecule is O=C([C@@H]1CCCNC1)N1CCC2(CC1)OCCc1cnc(-c3ccccc3)nc12. The summed E-state index contributed by atoms with van der Waals surface area (Å²) in [6.07, 6.45) is 6.52. The lowest BCUT2D eigenvalue weighted by molar-refractivity contribution is -0.145. The Kier molecular flexibility index (Phi) is 5.06. The molecule has 1 aromatic heterocycles. The lowest BCUT2D eigenvalue weighted by atomic mass is 9.82. The van der Waals surface area contributed by atoms with Crippen LogP contribution in [-0.4, -0.2) is 53.6 Å². The van der Waals surface area contributed by atoms with E-state index in [-0.39, 0.29) is 11.5 Å². The molecular formula is C23H28N4O2. The van der Waals surface area contributed by atoms with Crippen molar-refractivity contribution in [2.75, 3.05) is 32.8 Å². The normalized spacial score (nSPS) is 23.6. The highest BCUT2D eigenvalue weighted by atomic mass is 16.5. The molecule has 6 heteroatoms. The second-order valence-electron chi connectivity index (χ2n) is 8.39. The minimum Gasteiger partial charge on any atom is -0.368 e. The lowest BCUT2D eigenvalue weighted by Gasteiger charge is -2.44. The molecule has 2 saturated heterocycles. The number of aromatic nitrogens is 2. The topological polar surface area (TPSA) is 67.4 Å². The standard InChI is InChI=1S/C23H28N4O2/c28-22(19-7-4-11-24-15-19)27-12-9-23(10-13-27)20-18(8-14-29-23)16-25-21(26-20)17-5-2-1-3-6-17/h1-3,5-6,16,19,24H,4,7-15H2/t19-/m1/s1. The average molecular weight is 393 g/mol. The zero-order valence-corrected chi connectivity index (χ0v) is 16.8. The van der Waals surface area contributed by atoms with E-state index in [0.29, 0.717) is 12.5 Å². The van der Waals surface area contributed by atoms with E-state index >= 15 is 0 Å². The van der Waals surface area contributed by atoms with Crippen molar-refractivity contribution >= 4 is 5.91 Å². The van der Waals surface area contributed by atoms with E-state index in [2.05, 4.69) is 10.3 Å². The Labute approximate surface area is 171 Å². The van der Waals surface area contributed by atoms with Gasteiger partial charge in [0.05, 0.1) is 18.2 Å². The number of carbonyl (C=O) groups excluding carboxylic acids is 1. The second kappa shape index (κ2) is 7.84. The van der Waals surface area contributed by atoms with Crippen LogP contribution in [0.5, 0.6) is 0 Å². The van der Waals surface area contributed by atoms with Gasteiger partial charge in [0.1, 0.15) is 5.60 Å². The number of fused-ring (bicyclic) bond motifs is 2. The van der Waals surface area contributed by atoms with Gasteiger partial charge in [-0.3, -0.25) is 4.79 Å². The predicted molar refractivity (Wildman–Crippen MR) is 110 cm³/mol. The number of ether oxygens (including phenoxy) is 1. The fraction of sp³-hybridized carbons (Fsp3) is 0.522. The number of nitrogens with one attached hydrogen (secondary N) is 1. The molecule has 6 nitrogen and oxygen atoms in total. The summed E-state index contributed by atoms with van der Waals surface area (Å²) in [5, 5.41) is 3.36. The van der Waals surface area contributed by atoms with Crippen LogP contribution in [-0.2, 0) is 21.6 Å².